The number of aromatic nitrogens is 1. The molecular weight excluding hydrogens is 374 g/mol. The molecule has 28 heavy (non-hydrogen) atoms. The monoisotopic (exact) mass is 391 g/mol. The van der Waals surface area contributed by atoms with Crippen molar-refractivity contribution in [3.8, 4) is 11.5 Å². The molecule has 0 saturated carbocycles. The summed E-state index contributed by atoms with van der Waals surface area (Å²) >= 11 is 6.27. The SMILES string of the molecule is COc1ccc(C2=NN3[C@@H](C2)c2cc(Cl)ccc2O[C@H]3c2cccnc2)cc1. The van der Waals surface area contributed by atoms with E-state index in [0.717, 1.165) is 40.3 Å². The van der Waals surface area contributed by atoms with E-state index in [0.29, 0.717) is 5.02 Å². The van der Waals surface area contributed by atoms with E-state index in [1.807, 2.05) is 65.8 Å². The molecule has 2 aliphatic heterocycles. The predicted molar refractivity (Wildman–Crippen MR) is 108 cm³/mol. The maximum absolute atomic E-state index is 6.31. The van der Waals surface area contributed by atoms with Crippen LogP contribution in [0.1, 0.15) is 35.4 Å². The van der Waals surface area contributed by atoms with Crippen LogP contribution in [0.25, 0.3) is 0 Å². The number of fused-ring (bicyclic) bond motifs is 3. The summed E-state index contributed by atoms with van der Waals surface area (Å²) in [7, 11) is 1.67. The third-order valence-corrected chi connectivity index (χ3v) is 5.38. The Balaban J connectivity index is 1.57. The molecule has 0 fully saturated rings. The predicted octanol–water partition coefficient (Wildman–Crippen LogP) is 4.99. The maximum Gasteiger partial charge on any atom is 0.215 e. The molecule has 0 aliphatic carbocycles. The van der Waals surface area contributed by atoms with Crippen molar-refractivity contribution >= 4 is 17.3 Å². The largest absolute Gasteiger partial charge is 0.497 e. The zero-order chi connectivity index (χ0) is 19.1. The second kappa shape index (κ2) is 6.84. The van der Waals surface area contributed by atoms with Gasteiger partial charge in [-0.25, -0.2) is 5.01 Å². The smallest absolute Gasteiger partial charge is 0.215 e. The van der Waals surface area contributed by atoms with Crippen LogP contribution in [0.5, 0.6) is 11.5 Å². The van der Waals surface area contributed by atoms with Gasteiger partial charge in [-0.2, -0.15) is 5.10 Å². The Morgan fingerprint density at radius 2 is 2.00 bits per heavy atom. The van der Waals surface area contributed by atoms with E-state index in [1.54, 1.807) is 13.3 Å². The minimum absolute atomic E-state index is 0.0600. The van der Waals surface area contributed by atoms with Gasteiger partial charge in [-0.05, 0) is 54.1 Å². The van der Waals surface area contributed by atoms with E-state index in [-0.39, 0.29) is 12.3 Å². The molecule has 2 aliphatic rings. The lowest BCUT2D eigenvalue weighted by Crippen LogP contribution is -2.33. The van der Waals surface area contributed by atoms with E-state index in [9.17, 15) is 0 Å². The molecular formula is C22H18ClN3O2. The Hall–Kier alpha value is -3.05. The molecule has 0 saturated heterocycles. The van der Waals surface area contributed by atoms with Gasteiger partial charge in [0.15, 0.2) is 0 Å². The molecule has 2 aromatic carbocycles. The number of nitrogens with zero attached hydrogens (tertiary/aromatic N) is 3. The highest BCUT2D eigenvalue weighted by Crippen LogP contribution is 2.48. The Labute approximate surface area is 168 Å². The summed E-state index contributed by atoms with van der Waals surface area (Å²) in [6, 6.07) is 17.7. The summed E-state index contributed by atoms with van der Waals surface area (Å²) in [6.07, 6.45) is 4.03. The van der Waals surface area contributed by atoms with Crippen LogP contribution in [-0.4, -0.2) is 22.8 Å². The van der Waals surface area contributed by atoms with Crippen molar-refractivity contribution in [2.45, 2.75) is 18.7 Å². The van der Waals surface area contributed by atoms with Crippen molar-refractivity contribution in [1.82, 2.24) is 9.99 Å². The average Bonchev–Trinajstić information content (AvgIpc) is 3.20. The summed E-state index contributed by atoms with van der Waals surface area (Å²) in [5, 5.41) is 7.65. The number of pyridine rings is 1. The Bertz CT molecular complexity index is 1040. The van der Waals surface area contributed by atoms with Crippen molar-refractivity contribution in [3.63, 3.8) is 0 Å². The van der Waals surface area contributed by atoms with Gasteiger partial charge in [-0.1, -0.05) is 17.7 Å². The first-order valence-electron chi connectivity index (χ1n) is 9.09. The zero-order valence-corrected chi connectivity index (χ0v) is 16.0. The van der Waals surface area contributed by atoms with Gasteiger partial charge in [-0.3, -0.25) is 4.98 Å². The number of hydrogen-bond acceptors (Lipinski definition) is 5. The Morgan fingerprint density at radius 1 is 1.14 bits per heavy atom. The van der Waals surface area contributed by atoms with Crippen LogP contribution in [0.2, 0.25) is 5.02 Å². The van der Waals surface area contributed by atoms with Crippen LogP contribution in [0.15, 0.2) is 72.1 Å². The number of benzene rings is 2. The highest BCUT2D eigenvalue weighted by Gasteiger charge is 2.41. The van der Waals surface area contributed by atoms with Crippen molar-refractivity contribution in [3.05, 3.63) is 88.7 Å². The minimum atomic E-state index is -0.330. The lowest BCUT2D eigenvalue weighted by molar-refractivity contribution is -0.0192. The van der Waals surface area contributed by atoms with Crippen LogP contribution in [-0.2, 0) is 0 Å². The first-order valence-corrected chi connectivity index (χ1v) is 9.47. The van der Waals surface area contributed by atoms with Crippen molar-refractivity contribution < 1.29 is 9.47 Å². The van der Waals surface area contributed by atoms with Gasteiger partial charge >= 0.3 is 0 Å². The summed E-state index contributed by atoms with van der Waals surface area (Å²) < 4.78 is 11.6. The third-order valence-electron chi connectivity index (χ3n) is 5.14. The molecule has 0 N–H and O–H groups in total. The van der Waals surface area contributed by atoms with E-state index in [2.05, 4.69) is 4.98 Å². The van der Waals surface area contributed by atoms with Crippen LogP contribution >= 0.6 is 11.6 Å². The topological polar surface area (TPSA) is 47.0 Å². The maximum atomic E-state index is 6.31. The van der Waals surface area contributed by atoms with Gasteiger partial charge in [0.05, 0.1) is 18.9 Å². The van der Waals surface area contributed by atoms with E-state index in [1.165, 1.54) is 0 Å². The molecule has 0 radical (unpaired) electrons. The fourth-order valence-corrected chi connectivity index (χ4v) is 3.94. The van der Waals surface area contributed by atoms with Gasteiger partial charge in [0, 0.05) is 35.0 Å². The second-order valence-corrected chi connectivity index (χ2v) is 7.25. The lowest BCUT2D eigenvalue weighted by Gasteiger charge is -2.38. The molecule has 1 aromatic heterocycles. The molecule has 5 nitrogen and oxygen atoms in total. The molecule has 3 heterocycles. The van der Waals surface area contributed by atoms with E-state index in [4.69, 9.17) is 26.2 Å². The number of hydrazone groups is 1. The van der Waals surface area contributed by atoms with Crippen LogP contribution in [0.3, 0.4) is 0 Å². The Kier molecular flexibility index (Phi) is 4.17. The molecule has 0 spiro atoms. The molecule has 3 aromatic rings. The van der Waals surface area contributed by atoms with Crippen LogP contribution in [0.4, 0.5) is 0 Å². The number of halogens is 1. The molecule has 0 amide bonds. The molecule has 2 atom stereocenters. The summed E-state index contributed by atoms with van der Waals surface area (Å²) in [5.74, 6) is 1.67. The summed E-state index contributed by atoms with van der Waals surface area (Å²) in [4.78, 5) is 4.25. The minimum Gasteiger partial charge on any atom is -0.497 e. The van der Waals surface area contributed by atoms with E-state index >= 15 is 0 Å². The molecule has 5 rings (SSSR count). The zero-order valence-electron chi connectivity index (χ0n) is 15.2. The molecule has 0 unspecified atom stereocenters. The fourth-order valence-electron chi connectivity index (χ4n) is 3.76. The van der Waals surface area contributed by atoms with Crippen molar-refractivity contribution in [2.24, 2.45) is 5.10 Å². The third kappa shape index (κ3) is 2.88. The molecule has 140 valence electrons. The lowest BCUT2D eigenvalue weighted by atomic mass is 9.96. The summed E-state index contributed by atoms with van der Waals surface area (Å²) in [6.45, 7) is 0. The normalized spacial score (nSPS) is 20.1. The molecule has 6 heteroatoms. The van der Waals surface area contributed by atoms with Crippen LogP contribution in [0, 0.1) is 0 Å². The number of rotatable bonds is 3. The van der Waals surface area contributed by atoms with Gasteiger partial charge in [-0.15, -0.1) is 0 Å². The first kappa shape index (κ1) is 17.1. The standard InChI is InChI=1S/C22H18ClN3O2/c1-27-17-7-4-14(5-8-17)19-12-20-18-11-16(23)6-9-21(18)28-22(26(20)25-19)15-3-2-10-24-13-15/h2-11,13,20,22H,12H2,1H3/t20-,22-/m0/s1. The van der Waals surface area contributed by atoms with Crippen molar-refractivity contribution in [1.29, 1.82) is 0 Å². The first-order chi connectivity index (χ1) is 13.7. The second-order valence-electron chi connectivity index (χ2n) is 6.81. The fraction of sp³-hybridized carbons (Fsp3) is 0.182. The van der Waals surface area contributed by atoms with Gasteiger partial charge in [0.1, 0.15) is 11.5 Å². The van der Waals surface area contributed by atoms with Crippen molar-refractivity contribution in [2.75, 3.05) is 7.11 Å². The number of hydrogen-bond donors (Lipinski definition) is 0. The van der Waals surface area contributed by atoms with E-state index < -0.39 is 0 Å². The number of ether oxygens (including phenoxy) is 2. The van der Waals surface area contributed by atoms with Gasteiger partial charge < -0.3 is 9.47 Å². The van der Waals surface area contributed by atoms with Crippen LogP contribution < -0.4 is 9.47 Å². The van der Waals surface area contributed by atoms with Gasteiger partial charge in [0.25, 0.3) is 0 Å². The number of methoxy groups -OCH3 is 1. The quantitative estimate of drug-likeness (QED) is 0.631. The highest BCUT2D eigenvalue weighted by atomic mass is 35.5. The highest BCUT2D eigenvalue weighted by molar-refractivity contribution is 6.30. The summed E-state index contributed by atoms with van der Waals surface area (Å²) in [5.41, 5.74) is 4.11. The Morgan fingerprint density at radius 3 is 2.75 bits per heavy atom. The molecule has 0 bridgehead atoms. The average molecular weight is 392 g/mol. The van der Waals surface area contributed by atoms with Gasteiger partial charge in [0.2, 0.25) is 6.23 Å².